The number of rotatable bonds is 8. The highest BCUT2D eigenvalue weighted by molar-refractivity contribution is 7.22. The molecule has 1 atom stereocenters. The van der Waals surface area contributed by atoms with Crippen molar-refractivity contribution in [3.8, 4) is 23.0 Å². The van der Waals surface area contributed by atoms with E-state index in [-0.39, 0.29) is 17.9 Å². The van der Waals surface area contributed by atoms with Crippen LogP contribution in [0.5, 0.6) is 23.0 Å². The van der Waals surface area contributed by atoms with Crippen LogP contribution in [0.2, 0.25) is 0 Å². The fourth-order valence-corrected chi connectivity index (χ4v) is 5.89. The lowest BCUT2D eigenvalue weighted by atomic mass is 9.95. The molecule has 2 aliphatic rings. The maximum Gasteiger partial charge on any atom is 0.301 e. The second-order valence-corrected chi connectivity index (χ2v) is 10.3. The number of aromatic nitrogens is 1. The van der Waals surface area contributed by atoms with E-state index in [1.165, 1.54) is 16.2 Å². The number of ether oxygens (including phenoxy) is 4. The Bertz CT molecular complexity index is 1710. The number of benzene rings is 3. The molecule has 10 heteroatoms. The molecular formula is C31H26N2O7S. The summed E-state index contributed by atoms with van der Waals surface area (Å²) in [7, 11) is 0. The summed E-state index contributed by atoms with van der Waals surface area (Å²) in [5, 5.41) is 11.9. The van der Waals surface area contributed by atoms with E-state index >= 15 is 0 Å². The molecule has 0 aliphatic carbocycles. The van der Waals surface area contributed by atoms with Gasteiger partial charge in [-0.3, -0.25) is 14.5 Å². The molecule has 0 spiro atoms. The Morgan fingerprint density at radius 1 is 1.07 bits per heavy atom. The quantitative estimate of drug-likeness (QED) is 0.125. The predicted octanol–water partition coefficient (Wildman–Crippen LogP) is 5.66. The maximum atomic E-state index is 13.7. The third-order valence-electron chi connectivity index (χ3n) is 6.67. The lowest BCUT2D eigenvalue weighted by molar-refractivity contribution is -0.132. The van der Waals surface area contributed by atoms with Crippen molar-refractivity contribution in [1.29, 1.82) is 0 Å². The van der Waals surface area contributed by atoms with Gasteiger partial charge in [-0.05, 0) is 61.0 Å². The average Bonchev–Trinajstić information content (AvgIpc) is 3.53. The summed E-state index contributed by atoms with van der Waals surface area (Å²) < 4.78 is 23.4. The highest BCUT2D eigenvalue weighted by Crippen LogP contribution is 2.46. The lowest BCUT2D eigenvalue weighted by Crippen LogP contribution is -2.29. The Morgan fingerprint density at radius 2 is 1.88 bits per heavy atom. The standard InChI is InChI=1S/C31H26N2O7S/c1-3-12-38-20-7-5-6-18(15-20)27-26(28(34)19-8-11-23-24(16-19)40-14-13-39-23)29(35)30(36)33(27)31-32-22-10-9-21(37-4-2)17-25(22)41-31/h3,5-11,15-17,27,34H,1,4,12-14H2,2H3. The van der Waals surface area contributed by atoms with Crippen molar-refractivity contribution in [2.45, 2.75) is 13.0 Å². The number of carbonyl (C=O) groups excluding carboxylic acids is 2. The first kappa shape index (κ1) is 26.4. The van der Waals surface area contributed by atoms with E-state index in [0.717, 1.165) is 4.70 Å². The molecule has 1 amide bonds. The summed E-state index contributed by atoms with van der Waals surface area (Å²) in [6.45, 7) is 7.16. The number of amides is 1. The van der Waals surface area contributed by atoms with Crippen LogP contribution >= 0.6 is 11.3 Å². The van der Waals surface area contributed by atoms with Gasteiger partial charge in [0.05, 0.1) is 28.4 Å². The van der Waals surface area contributed by atoms with Crippen LogP contribution < -0.4 is 23.8 Å². The normalized spacial score (nSPS) is 17.6. The summed E-state index contributed by atoms with van der Waals surface area (Å²) in [4.78, 5) is 33.3. The van der Waals surface area contributed by atoms with Crippen LogP contribution in [0.1, 0.15) is 24.1 Å². The van der Waals surface area contributed by atoms with E-state index in [2.05, 4.69) is 11.6 Å². The summed E-state index contributed by atoms with van der Waals surface area (Å²) in [5.74, 6) is 0.243. The van der Waals surface area contributed by atoms with Gasteiger partial charge in [0.15, 0.2) is 16.6 Å². The number of anilines is 1. The van der Waals surface area contributed by atoms with Crippen molar-refractivity contribution in [1.82, 2.24) is 4.98 Å². The first-order chi connectivity index (χ1) is 20.0. The molecule has 9 nitrogen and oxygen atoms in total. The molecule has 1 unspecified atom stereocenters. The summed E-state index contributed by atoms with van der Waals surface area (Å²) >= 11 is 1.26. The number of hydrogen-bond acceptors (Lipinski definition) is 9. The topological polar surface area (TPSA) is 107 Å². The molecule has 1 N–H and O–H groups in total. The molecule has 0 radical (unpaired) electrons. The Kier molecular flexibility index (Phi) is 7.07. The molecule has 4 aromatic rings. The number of hydrogen-bond donors (Lipinski definition) is 1. The van der Waals surface area contributed by atoms with Crippen LogP contribution in [0.4, 0.5) is 5.13 Å². The van der Waals surface area contributed by atoms with Crippen molar-refractivity contribution in [3.05, 3.63) is 90.0 Å². The molecule has 2 aliphatic heterocycles. The van der Waals surface area contributed by atoms with E-state index in [0.29, 0.717) is 64.6 Å². The SMILES string of the molecule is C=CCOc1cccc(C2C(=C(O)c3ccc4c(c3)OCCO4)C(=O)C(=O)N2c2nc3ccc(OCC)cc3s2)c1. The molecule has 1 aromatic heterocycles. The van der Waals surface area contributed by atoms with E-state index in [9.17, 15) is 14.7 Å². The van der Waals surface area contributed by atoms with Crippen LogP contribution in [-0.2, 0) is 9.59 Å². The number of Topliss-reactive ketones (excluding diaryl/α,β-unsaturated/α-hetero) is 1. The van der Waals surface area contributed by atoms with Gasteiger partial charge >= 0.3 is 5.91 Å². The van der Waals surface area contributed by atoms with Gasteiger partial charge in [-0.2, -0.15) is 0 Å². The number of thiazole rings is 1. The second-order valence-electron chi connectivity index (χ2n) is 9.26. The van der Waals surface area contributed by atoms with Crippen molar-refractivity contribution in [2.75, 3.05) is 31.3 Å². The van der Waals surface area contributed by atoms with Crippen molar-refractivity contribution in [3.63, 3.8) is 0 Å². The third kappa shape index (κ3) is 4.87. The van der Waals surface area contributed by atoms with E-state index in [1.807, 2.05) is 25.1 Å². The van der Waals surface area contributed by atoms with Gasteiger partial charge in [0.25, 0.3) is 5.78 Å². The monoisotopic (exact) mass is 570 g/mol. The zero-order chi connectivity index (χ0) is 28.5. The molecule has 3 aromatic carbocycles. The number of fused-ring (bicyclic) bond motifs is 2. The van der Waals surface area contributed by atoms with Crippen LogP contribution in [0.25, 0.3) is 16.0 Å². The zero-order valence-electron chi connectivity index (χ0n) is 22.2. The van der Waals surface area contributed by atoms with Gasteiger partial charge in [-0.1, -0.05) is 36.1 Å². The van der Waals surface area contributed by atoms with Crippen molar-refractivity contribution < 1.29 is 33.6 Å². The van der Waals surface area contributed by atoms with Gasteiger partial charge < -0.3 is 24.1 Å². The van der Waals surface area contributed by atoms with Gasteiger partial charge in [-0.25, -0.2) is 4.98 Å². The molecule has 208 valence electrons. The molecule has 1 saturated heterocycles. The highest BCUT2D eigenvalue weighted by atomic mass is 32.1. The molecule has 0 bridgehead atoms. The van der Waals surface area contributed by atoms with Crippen molar-refractivity contribution in [2.24, 2.45) is 0 Å². The van der Waals surface area contributed by atoms with E-state index < -0.39 is 17.7 Å². The van der Waals surface area contributed by atoms with E-state index in [4.69, 9.17) is 18.9 Å². The Morgan fingerprint density at radius 3 is 2.68 bits per heavy atom. The number of nitrogens with zero attached hydrogens (tertiary/aromatic N) is 2. The third-order valence-corrected chi connectivity index (χ3v) is 7.68. The first-order valence-electron chi connectivity index (χ1n) is 13.1. The Balaban J connectivity index is 1.51. The molecule has 1 fully saturated rings. The van der Waals surface area contributed by atoms with Crippen LogP contribution in [0.15, 0.2) is 78.9 Å². The van der Waals surface area contributed by atoms with E-state index in [1.54, 1.807) is 48.5 Å². The van der Waals surface area contributed by atoms with Gasteiger partial charge in [0.2, 0.25) is 0 Å². The summed E-state index contributed by atoms with van der Waals surface area (Å²) in [6, 6.07) is 16.5. The molecular weight excluding hydrogens is 544 g/mol. The fourth-order valence-electron chi connectivity index (χ4n) is 4.87. The first-order valence-corrected chi connectivity index (χ1v) is 13.9. The molecule has 6 rings (SSSR count). The highest BCUT2D eigenvalue weighted by Gasteiger charge is 2.48. The number of carbonyl (C=O) groups is 2. The minimum atomic E-state index is -0.970. The lowest BCUT2D eigenvalue weighted by Gasteiger charge is -2.23. The number of ketones is 1. The molecule has 41 heavy (non-hydrogen) atoms. The smallest absolute Gasteiger partial charge is 0.301 e. The average molecular weight is 571 g/mol. The minimum Gasteiger partial charge on any atom is -0.507 e. The predicted molar refractivity (Wildman–Crippen MR) is 155 cm³/mol. The largest absolute Gasteiger partial charge is 0.507 e. The number of aliphatic hydroxyl groups excluding tert-OH is 1. The molecule has 3 heterocycles. The second kappa shape index (κ2) is 11.0. The Hall–Kier alpha value is -4.83. The number of aliphatic hydroxyl groups is 1. The van der Waals surface area contributed by atoms with Crippen LogP contribution in [-0.4, -0.2) is 48.2 Å². The van der Waals surface area contributed by atoms with Gasteiger partial charge in [0.1, 0.15) is 37.1 Å². The van der Waals surface area contributed by atoms with Crippen molar-refractivity contribution >= 4 is 44.1 Å². The van der Waals surface area contributed by atoms with Crippen LogP contribution in [0.3, 0.4) is 0 Å². The Labute approximate surface area is 239 Å². The van der Waals surface area contributed by atoms with Gasteiger partial charge in [0, 0.05) is 5.56 Å². The zero-order valence-corrected chi connectivity index (χ0v) is 23.0. The maximum absolute atomic E-state index is 13.7. The van der Waals surface area contributed by atoms with Crippen LogP contribution in [0, 0.1) is 0 Å². The minimum absolute atomic E-state index is 0.0678. The molecule has 0 saturated carbocycles. The fraction of sp³-hybridized carbons (Fsp3) is 0.194. The summed E-state index contributed by atoms with van der Waals surface area (Å²) in [5.41, 5.74) is 1.48. The summed E-state index contributed by atoms with van der Waals surface area (Å²) in [6.07, 6.45) is 1.62. The van der Waals surface area contributed by atoms with Gasteiger partial charge in [-0.15, -0.1) is 0 Å².